The lowest BCUT2D eigenvalue weighted by Crippen LogP contribution is -2.46. The van der Waals surface area contributed by atoms with Crippen LogP contribution in [0.2, 0.25) is 0 Å². The fourth-order valence-corrected chi connectivity index (χ4v) is 2.60. The minimum absolute atomic E-state index is 0.0902. The molecule has 1 aromatic carbocycles. The van der Waals surface area contributed by atoms with Crippen molar-refractivity contribution in [2.75, 3.05) is 27.0 Å². The summed E-state index contributed by atoms with van der Waals surface area (Å²) in [7, 11) is 1.25. The van der Waals surface area contributed by atoms with Gasteiger partial charge in [-0.1, -0.05) is 0 Å². The van der Waals surface area contributed by atoms with E-state index in [1.54, 1.807) is 18.2 Å². The molecule has 7 heteroatoms. The van der Waals surface area contributed by atoms with Crippen molar-refractivity contribution < 1.29 is 28.6 Å². The third kappa shape index (κ3) is 2.49. The summed E-state index contributed by atoms with van der Waals surface area (Å²) in [6.45, 7) is 0.377. The Morgan fingerprint density at radius 2 is 2.05 bits per heavy atom. The van der Waals surface area contributed by atoms with E-state index in [0.29, 0.717) is 23.6 Å². The number of likely N-dealkylation sites (tertiary alicyclic amines) is 1. The molecule has 0 aliphatic carbocycles. The van der Waals surface area contributed by atoms with Gasteiger partial charge in [0.2, 0.25) is 6.79 Å². The van der Waals surface area contributed by atoms with E-state index in [4.69, 9.17) is 9.47 Å². The van der Waals surface area contributed by atoms with Crippen LogP contribution in [0.5, 0.6) is 11.5 Å². The van der Waals surface area contributed by atoms with Gasteiger partial charge in [0.05, 0.1) is 13.7 Å². The zero-order valence-electron chi connectivity index (χ0n) is 12.0. The standard InChI is InChI=1S/C15H15NO6/c1-20-15(19)10-4-5-16(7-11(10)17)14(18)9-2-3-12-13(6-9)22-8-21-12/h2-3,6,10H,4-5,7-8H2,1H3. The highest BCUT2D eigenvalue weighted by Crippen LogP contribution is 2.33. The van der Waals surface area contributed by atoms with Crippen LogP contribution in [-0.4, -0.2) is 49.6 Å². The Morgan fingerprint density at radius 1 is 1.27 bits per heavy atom. The van der Waals surface area contributed by atoms with Crippen LogP contribution >= 0.6 is 0 Å². The largest absolute Gasteiger partial charge is 0.468 e. The molecule has 0 saturated carbocycles. The second-order valence-electron chi connectivity index (χ2n) is 5.13. The molecule has 0 N–H and O–H groups in total. The number of Topliss-reactive ketones (excluding diaryl/α,β-unsaturated/α-hetero) is 1. The number of rotatable bonds is 2. The SMILES string of the molecule is COC(=O)C1CCN(C(=O)c2ccc3c(c2)OCO3)CC1=O. The lowest BCUT2D eigenvalue weighted by atomic mass is 9.95. The average molecular weight is 305 g/mol. The zero-order valence-corrected chi connectivity index (χ0v) is 12.0. The first kappa shape index (κ1) is 14.4. The van der Waals surface area contributed by atoms with E-state index in [1.807, 2.05) is 0 Å². The summed E-state index contributed by atoms with van der Waals surface area (Å²) in [5.74, 6) is -0.771. The van der Waals surface area contributed by atoms with Crippen molar-refractivity contribution in [3.63, 3.8) is 0 Å². The Kier molecular flexibility index (Phi) is 3.70. The Hall–Kier alpha value is -2.57. The molecule has 2 aliphatic heterocycles. The Bertz CT molecular complexity index is 641. The second kappa shape index (κ2) is 5.67. The van der Waals surface area contributed by atoms with Crippen molar-refractivity contribution in [3.8, 4) is 11.5 Å². The number of methoxy groups -OCH3 is 1. The van der Waals surface area contributed by atoms with E-state index in [0.717, 1.165) is 0 Å². The van der Waals surface area contributed by atoms with Gasteiger partial charge < -0.3 is 19.1 Å². The van der Waals surface area contributed by atoms with Crippen LogP contribution in [0.3, 0.4) is 0 Å². The van der Waals surface area contributed by atoms with E-state index < -0.39 is 11.9 Å². The van der Waals surface area contributed by atoms with Crippen LogP contribution in [0.25, 0.3) is 0 Å². The normalized spacial score (nSPS) is 20.0. The van der Waals surface area contributed by atoms with Gasteiger partial charge in [-0.15, -0.1) is 0 Å². The number of hydrogen-bond acceptors (Lipinski definition) is 6. The molecule has 1 unspecified atom stereocenters. The highest BCUT2D eigenvalue weighted by molar-refractivity contribution is 6.04. The molecule has 1 atom stereocenters. The van der Waals surface area contributed by atoms with E-state index in [-0.39, 0.29) is 31.4 Å². The number of carbonyl (C=O) groups is 3. The summed E-state index contributed by atoms with van der Waals surface area (Å²) in [5.41, 5.74) is 0.425. The molecular formula is C15H15NO6. The number of esters is 1. The zero-order chi connectivity index (χ0) is 15.7. The van der Waals surface area contributed by atoms with Crippen molar-refractivity contribution in [3.05, 3.63) is 23.8 Å². The van der Waals surface area contributed by atoms with Crippen molar-refractivity contribution in [1.82, 2.24) is 4.90 Å². The van der Waals surface area contributed by atoms with Gasteiger partial charge in [0.15, 0.2) is 17.3 Å². The van der Waals surface area contributed by atoms with Crippen LogP contribution in [-0.2, 0) is 14.3 Å². The van der Waals surface area contributed by atoms with Gasteiger partial charge in [0.25, 0.3) is 5.91 Å². The number of amides is 1. The quantitative estimate of drug-likeness (QED) is 0.588. The smallest absolute Gasteiger partial charge is 0.316 e. The third-order valence-electron chi connectivity index (χ3n) is 3.82. The molecule has 1 fully saturated rings. The number of carbonyl (C=O) groups excluding carboxylic acids is 3. The molecule has 0 radical (unpaired) electrons. The molecular weight excluding hydrogens is 290 g/mol. The van der Waals surface area contributed by atoms with Crippen LogP contribution < -0.4 is 9.47 Å². The minimum atomic E-state index is -0.772. The van der Waals surface area contributed by atoms with Crippen molar-refractivity contribution >= 4 is 17.7 Å². The molecule has 3 rings (SSSR count). The fraction of sp³-hybridized carbons (Fsp3) is 0.400. The van der Waals surface area contributed by atoms with Gasteiger partial charge in [-0.25, -0.2) is 0 Å². The van der Waals surface area contributed by atoms with Crippen LogP contribution in [0.15, 0.2) is 18.2 Å². The van der Waals surface area contributed by atoms with E-state index in [1.165, 1.54) is 12.0 Å². The maximum absolute atomic E-state index is 12.5. The second-order valence-corrected chi connectivity index (χ2v) is 5.13. The fourth-order valence-electron chi connectivity index (χ4n) is 2.60. The summed E-state index contributed by atoms with van der Waals surface area (Å²) in [6.07, 6.45) is 0.280. The Morgan fingerprint density at radius 3 is 2.77 bits per heavy atom. The van der Waals surface area contributed by atoms with E-state index >= 15 is 0 Å². The van der Waals surface area contributed by atoms with Gasteiger partial charge >= 0.3 is 5.97 Å². The minimum Gasteiger partial charge on any atom is -0.468 e. The van der Waals surface area contributed by atoms with Gasteiger partial charge in [-0.2, -0.15) is 0 Å². The van der Waals surface area contributed by atoms with Crippen molar-refractivity contribution in [1.29, 1.82) is 0 Å². The van der Waals surface area contributed by atoms with E-state index in [9.17, 15) is 14.4 Å². The highest BCUT2D eigenvalue weighted by Gasteiger charge is 2.35. The first-order valence-corrected chi connectivity index (χ1v) is 6.89. The molecule has 0 aromatic heterocycles. The summed E-state index contributed by atoms with van der Waals surface area (Å²) in [6, 6.07) is 4.90. The van der Waals surface area contributed by atoms with Crippen LogP contribution in [0, 0.1) is 5.92 Å². The lowest BCUT2D eigenvalue weighted by Gasteiger charge is -2.29. The Labute approximate surface area is 126 Å². The van der Waals surface area contributed by atoms with Crippen LogP contribution in [0.1, 0.15) is 16.8 Å². The summed E-state index contributed by atoms with van der Waals surface area (Å²) < 4.78 is 15.0. The molecule has 116 valence electrons. The number of hydrogen-bond donors (Lipinski definition) is 0. The predicted octanol–water partition coefficient (Wildman–Crippen LogP) is 0.619. The molecule has 22 heavy (non-hydrogen) atoms. The van der Waals surface area contributed by atoms with Gasteiger partial charge in [-0.3, -0.25) is 14.4 Å². The predicted molar refractivity (Wildman–Crippen MR) is 73.6 cm³/mol. The molecule has 1 amide bonds. The Balaban J connectivity index is 1.71. The molecule has 1 aromatic rings. The van der Waals surface area contributed by atoms with Gasteiger partial charge in [0, 0.05) is 12.1 Å². The molecule has 7 nitrogen and oxygen atoms in total. The third-order valence-corrected chi connectivity index (χ3v) is 3.82. The highest BCUT2D eigenvalue weighted by atomic mass is 16.7. The van der Waals surface area contributed by atoms with Gasteiger partial charge in [-0.05, 0) is 24.6 Å². The first-order chi connectivity index (χ1) is 10.6. The molecule has 0 bridgehead atoms. The first-order valence-electron chi connectivity index (χ1n) is 6.89. The number of benzene rings is 1. The lowest BCUT2D eigenvalue weighted by molar-refractivity contribution is -0.151. The topological polar surface area (TPSA) is 82.1 Å². The maximum atomic E-state index is 12.5. The molecule has 2 aliphatic rings. The number of ketones is 1. The van der Waals surface area contributed by atoms with Crippen LogP contribution in [0.4, 0.5) is 0 Å². The van der Waals surface area contributed by atoms with E-state index in [2.05, 4.69) is 4.74 Å². The molecule has 2 heterocycles. The van der Waals surface area contributed by atoms with Crippen molar-refractivity contribution in [2.45, 2.75) is 6.42 Å². The number of nitrogens with zero attached hydrogens (tertiary/aromatic N) is 1. The number of fused-ring (bicyclic) bond motifs is 1. The monoisotopic (exact) mass is 305 g/mol. The summed E-state index contributed by atoms with van der Waals surface area (Å²) in [5, 5.41) is 0. The number of piperidine rings is 1. The summed E-state index contributed by atoms with van der Waals surface area (Å²) in [4.78, 5) is 37.3. The van der Waals surface area contributed by atoms with Crippen molar-refractivity contribution in [2.24, 2.45) is 5.92 Å². The maximum Gasteiger partial charge on any atom is 0.316 e. The molecule has 1 saturated heterocycles. The number of ether oxygens (including phenoxy) is 3. The average Bonchev–Trinajstić information content (AvgIpc) is 3.00. The molecule has 0 spiro atoms. The van der Waals surface area contributed by atoms with Gasteiger partial charge in [0.1, 0.15) is 5.92 Å². The summed E-state index contributed by atoms with van der Waals surface area (Å²) >= 11 is 0.